The van der Waals surface area contributed by atoms with Gasteiger partial charge < -0.3 is 15.1 Å². The maximum Gasteiger partial charge on any atom is 0.325 e. The molecule has 3 rings (SSSR count). The van der Waals surface area contributed by atoms with Crippen molar-refractivity contribution in [2.75, 3.05) is 18.5 Å². The highest BCUT2D eigenvalue weighted by atomic mass is 32.2. The van der Waals surface area contributed by atoms with Crippen LogP contribution in [0.3, 0.4) is 0 Å². The highest BCUT2D eigenvalue weighted by Crippen LogP contribution is 2.43. The van der Waals surface area contributed by atoms with Crippen molar-refractivity contribution >= 4 is 19.4 Å². The number of hydrogen-bond donors (Lipinski definition) is 3. The molecule has 4 nitrogen and oxygen atoms in total. The molecule has 33 heavy (non-hydrogen) atoms. The normalized spacial score (nSPS) is 16.1. The fourth-order valence-electron chi connectivity index (χ4n) is 4.82. The molecule has 0 saturated heterocycles. The average Bonchev–Trinajstić information content (AvgIpc) is 2.80. The van der Waals surface area contributed by atoms with Gasteiger partial charge in [-0.25, -0.2) is 4.39 Å². The van der Waals surface area contributed by atoms with Crippen molar-refractivity contribution in [1.29, 1.82) is 0 Å². The van der Waals surface area contributed by atoms with Crippen LogP contribution in [-0.4, -0.2) is 28.2 Å². The van der Waals surface area contributed by atoms with Crippen LogP contribution >= 0.6 is 19.4 Å². The van der Waals surface area contributed by atoms with Gasteiger partial charge in [-0.1, -0.05) is 49.9 Å². The van der Waals surface area contributed by atoms with E-state index in [0.717, 1.165) is 5.75 Å². The fraction of sp³-hybridized carbons (Fsp3) is 0.538. The number of halogens is 1. The van der Waals surface area contributed by atoms with Crippen molar-refractivity contribution in [3.05, 3.63) is 65.5 Å². The molecule has 2 aromatic rings. The van der Waals surface area contributed by atoms with Gasteiger partial charge in [0.15, 0.2) is 0 Å². The van der Waals surface area contributed by atoms with E-state index in [0.29, 0.717) is 19.5 Å². The zero-order valence-electron chi connectivity index (χ0n) is 19.3. The summed E-state index contributed by atoms with van der Waals surface area (Å²) >= 11 is 1.89. The van der Waals surface area contributed by atoms with Gasteiger partial charge in [0.2, 0.25) is 0 Å². The van der Waals surface area contributed by atoms with E-state index >= 15 is 0 Å². The molecule has 1 saturated carbocycles. The second-order valence-electron chi connectivity index (χ2n) is 9.22. The van der Waals surface area contributed by atoms with Gasteiger partial charge in [-0.3, -0.25) is 4.57 Å². The third-order valence-electron chi connectivity index (χ3n) is 6.64. The standard InChI is InChI=1S/C26H37FNO3PS/c27-24-11-9-23(10-12-24)26(15-2-1-3-16-26)17-4-5-20-33-25-13-7-22(8-14-25)21-28-18-6-19-32(29,30)31/h7-14,28H,1-6,15-21H2,(H2,29,30,31). The summed E-state index contributed by atoms with van der Waals surface area (Å²) in [6.07, 6.45) is 10.3. The second-order valence-corrected chi connectivity index (χ2v) is 12.2. The SMILES string of the molecule is O=P(O)(O)CCCNCc1ccc(SCCCCC2(c3ccc(F)cc3)CCCCC2)cc1. The molecular weight excluding hydrogens is 456 g/mol. The van der Waals surface area contributed by atoms with Crippen LogP contribution in [0.1, 0.15) is 68.9 Å². The maximum absolute atomic E-state index is 13.4. The molecule has 0 atom stereocenters. The van der Waals surface area contributed by atoms with Crippen LogP contribution in [0.2, 0.25) is 0 Å². The van der Waals surface area contributed by atoms with E-state index in [1.54, 1.807) is 12.1 Å². The number of benzene rings is 2. The number of thioether (sulfide) groups is 1. The van der Waals surface area contributed by atoms with Crippen molar-refractivity contribution < 1.29 is 18.7 Å². The van der Waals surface area contributed by atoms with E-state index in [-0.39, 0.29) is 17.4 Å². The molecule has 182 valence electrons. The molecule has 0 bridgehead atoms. The zero-order chi connectivity index (χ0) is 23.6. The first kappa shape index (κ1) is 26.4. The molecule has 0 radical (unpaired) electrons. The Balaban J connectivity index is 1.37. The molecule has 2 aromatic carbocycles. The van der Waals surface area contributed by atoms with E-state index in [9.17, 15) is 8.96 Å². The molecule has 0 spiro atoms. The van der Waals surface area contributed by atoms with Crippen LogP contribution in [0.4, 0.5) is 4.39 Å². The van der Waals surface area contributed by atoms with Crippen molar-refractivity contribution in [1.82, 2.24) is 5.32 Å². The lowest BCUT2D eigenvalue weighted by Gasteiger charge is -2.38. The van der Waals surface area contributed by atoms with Crippen LogP contribution in [0.15, 0.2) is 53.4 Å². The van der Waals surface area contributed by atoms with Crippen LogP contribution in [-0.2, 0) is 16.5 Å². The van der Waals surface area contributed by atoms with Gasteiger partial charge >= 0.3 is 7.60 Å². The minimum Gasteiger partial charge on any atom is -0.324 e. The van der Waals surface area contributed by atoms with Gasteiger partial charge in [0, 0.05) is 11.4 Å². The van der Waals surface area contributed by atoms with E-state index in [2.05, 4.69) is 29.6 Å². The number of nitrogens with one attached hydrogen (secondary N) is 1. The lowest BCUT2D eigenvalue weighted by Crippen LogP contribution is -2.29. The zero-order valence-corrected chi connectivity index (χ0v) is 21.1. The molecular formula is C26H37FNO3PS. The number of hydrogen-bond acceptors (Lipinski definition) is 3. The molecule has 1 aliphatic carbocycles. The molecule has 7 heteroatoms. The van der Waals surface area contributed by atoms with Crippen LogP contribution in [0, 0.1) is 5.82 Å². The van der Waals surface area contributed by atoms with Crippen molar-refractivity contribution in [3.8, 4) is 0 Å². The van der Waals surface area contributed by atoms with Crippen LogP contribution in [0.5, 0.6) is 0 Å². The Labute approximate surface area is 201 Å². The Bertz CT molecular complexity index is 879. The summed E-state index contributed by atoms with van der Waals surface area (Å²) in [6, 6.07) is 15.8. The van der Waals surface area contributed by atoms with Gasteiger partial charge in [-0.2, -0.15) is 0 Å². The predicted octanol–water partition coefficient (Wildman–Crippen LogP) is 6.65. The Kier molecular flexibility index (Phi) is 10.5. The van der Waals surface area contributed by atoms with Crippen LogP contribution in [0.25, 0.3) is 0 Å². The van der Waals surface area contributed by atoms with Gasteiger partial charge in [0.25, 0.3) is 0 Å². The molecule has 0 aliphatic heterocycles. The smallest absolute Gasteiger partial charge is 0.324 e. The Morgan fingerprint density at radius 3 is 2.30 bits per heavy atom. The molecule has 0 heterocycles. The predicted molar refractivity (Wildman–Crippen MR) is 135 cm³/mol. The van der Waals surface area contributed by atoms with Crippen LogP contribution < -0.4 is 5.32 Å². The number of unbranched alkanes of at least 4 members (excludes halogenated alkanes) is 1. The highest BCUT2D eigenvalue weighted by molar-refractivity contribution is 7.99. The molecule has 3 N–H and O–H groups in total. The van der Waals surface area contributed by atoms with Gasteiger partial charge in [0.1, 0.15) is 5.82 Å². The lowest BCUT2D eigenvalue weighted by molar-refractivity contribution is 0.267. The van der Waals surface area contributed by atoms with Crippen molar-refractivity contribution in [2.45, 2.75) is 74.6 Å². The van der Waals surface area contributed by atoms with Gasteiger partial charge in [0.05, 0.1) is 6.16 Å². The monoisotopic (exact) mass is 493 g/mol. The third kappa shape index (κ3) is 9.18. The van der Waals surface area contributed by atoms with Gasteiger partial charge in [-0.15, -0.1) is 11.8 Å². The first-order valence-electron chi connectivity index (χ1n) is 12.1. The Morgan fingerprint density at radius 1 is 0.939 bits per heavy atom. The number of rotatable bonds is 13. The second kappa shape index (κ2) is 13.1. The fourth-order valence-corrected chi connectivity index (χ4v) is 6.30. The van der Waals surface area contributed by atoms with Crippen molar-refractivity contribution in [3.63, 3.8) is 0 Å². The molecule has 0 aromatic heterocycles. The summed E-state index contributed by atoms with van der Waals surface area (Å²) < 4.78 is 24.3. The molecule has 0 amide bonds. The Morgan fingerprint density at radius 2 is 1.64 bits per heavy atom. The summed E-state index contributed by atoms with van der Waals surface area (Å²) in [7, 11) is -3.89. The lowest BCUT2D eigenvalue weighted by atomic mass is 9.67. The van der Waals surface area contributed by atoms with E-state index in [1.807, 2.05) is 23.9 Å². The van der Waals surface area contributed by atoms with Crippen molar-refractivity contribution in [2.24, 2.45) is 0 Å². The first-order valence-corrected chi connectivity index (χ1v) is 14.9. The van der Waals surface area contributed by atoms with E-state index in [4.69, 9.17) is 9.79 Å². The summed E-state index contributed by atoms with van der Waals surface area (Å²) in [6.45, 7) is 1.30. The third-order valence-corrected chi connectivity index (χ3v) is 8.64. The topological polar surface area (TPSA) is 69.6 Å². The minimum atomic E-state index is -3.89. The average molecular weight is 494 g/mol. The quantitative estimate of drug-likeness (QED) is 0.166. The summed E-state index contributed by atoms with van der Waals surface area (Å²) in [5.41, 5.74) is 2.73. The summed E-state index contributed by atoms with van der Waals surface area (Å²) in [5, 5.41) is 3.23. The largest absolute Gasteiger partial charge is 0.325 e. The molecule has 0 unspecified atom stereocenters. The maximum atomic E-state index is 13.4. The minimum absolute atomic E-state index is 0.0689. The summed E-state index contributed by atoms with van der Waals surface area (Å²) in [4.78, 5) is 19.0. The van der Waals surface area contributed by atoms with Gasteiger partial charge in [-0.05, 0) is 85.2 Å². The Hall–Kier alpha value is -1.17. The molecule has 1 fully saturated rings. The molecule has 1 aliphatic rings. The van der Waals surface area contributed by atoms with E-state index < -0.39 is 7.60 Å². The highest BCUT2D eigenvalue weighted by Gasteiger charge is 2.33. The van der Waals surface area contributed by atoms with E-state index in [1.165, 1.54) is 67.4 Å². The summed E-state index contributed by atoms with van der Waals surface area (Å²) in [5.74, 6) is 0.947. The first-order chi connectivity index (χ1) is 15.9.